The molecule has 5 nitrogen and oxygen atoms in total. The quantitative estimate of drug-likeness (QED) is 0.610. The molecule has 1 saturated heterocycles. The smallest absolute Gasteiger partial charge is 0.251 e. The number of anilines is 1. The third-order valence-electron chi connectivity index (χ3n) is 5.79. The number of benzene rings is 3. The van der Waals surface area contributed by atoms with Crippen molar-refractivity contribution < 1.29 is 13.9 Å². The molecular weight excluding hydrogens is 405 g/mol. The lowest BCUT2D eigenvalue weighted by Crippen LogP contribution is -2.46. The summed E-state index contributed by atoms with van der Waals surface area (Å²) in [6.07, 6.45) is 0. The standard InChI is InChI=1S/C26H28FN3O2/c1-32-25-12-5-4-11-24(25)30-15-13-29(14-16-30)19-20-7-6-9-21(17-20)26(31)28-18-22-8-2-3-10-23(22)27/h2-12,17H,13-16,18-19H2,1H3,(H,28,31). The number of carbonyl (C=O) groups is 1. The van der Waals surface area contributed by atoms with E-state index in [4.69, 9.17) is 4.74 Å². The molecule has 0 atom stereocenters. The molecule has 1 aliphatic heterocycles. The second-order valence-electron chi connectivity index (χ2n) is 7.91. The molecule has 0 unspecified atom stereocenters. The van der Waals surface area contributed by atoms with E-state index >= 15 is 0 Å². The van der Waals surface area contributed by atoms with Crippen LogP contribution < -0.4 is 15.0 Å². The molecule has 0 saturated carbocycles. The lowest BCUT2D eigenvalue weighted by atomic mass is 10.1. The number of carbonyl (C=O) groups excluding carboxylic acids is 1. The number of halogens is 1. The lowest BCUT2D eigenvalue weighted by molar-refractivity contribution is 0.0950. The van der Waals surface area contributed by atoms with Crippen LogP contribution in [-0.2, 0) is 13.1 Å². The highest BCUT2D eigenvalue weighted by Crippen LogP contribution is 2.28. The van der Waals surface area contributed by atoms with E-state index in [2.05, 4.69) is 21.2 Å². The number of nitrogens with one attached hydrogen (secondary N) is 1. The van der Waals surface area contributed by atoms with Crippen molar-refractivity contribution >= 4 is 11.6 Å². The second-order valence-corrected chi connectivity index (χ2v) is 7.91. The van der Waals surface area contributed by atoms with Crippen molar-refractivity contribution in [2.75, 3.05) is 38.2 Å². The first-order valence-corrected chi connectivity index (χ1v) is 10.8. The third-order valence-corrected chi connectivity index (χ3v) is 5.79. The third kappa shape index (κ3) is 5.26. The topological polar surface area (TPSA) is 44.8 Å². The number of amides is 1. The van der Waals surface area contributed by atoms with Crippen LogP contribution in [0.15, 0.2) is 72.8 Å². The van der Waals surface area contributed by atoms with Gasteiger partial charge in [-0.2, -0.15) is 0 Å². The molecule has 0 radical (unpaired) electrons. The Kier molecular flexibility index (Phi) is 7.02. The van der Waals surface area contributed by atoms with E-state index < -0.39 is 0 Å². The van der Waals surface area contributed by atoms with Gasteiger partial charge in [-0.15, -0.1) is 0 Å². The molecule has 1 fully saturated rings. The van der Waals surface area contributed by atoms with Crippen LogP contribution in [-0.4, -0.2) is 44.1 Å². The van der Waals surface area contributed by atoms with Crippen LogP contribution in [0.25, 0.3) is 0 Å². The van der Waals surface area contributed by atoms with Gasteiger partial charge in [0.2, 0.25) is 0 Å². The molecule has 166 valence electrons. The van der Waals surface area contributed by atoms with Crippen molar-refractivity contribution in [1.82, 2.24) is 10.2 Å². The van der Waals surface area contributed by atoms with Gasteiger partial charge in [0, 0.05) is 50.4 Å². The number of nitrogens with zero attached hydrogens (tertiary/aromatic N) is 2. The van der Waals surface area contributed by atoms with Crippen LogP contribution >= 0.6 is 0 Å². The Morgan fingerprint density at radius 3 is 2.50 bits per heavy atom. The van der Waals surface area contributed by atoms with Gasteiger partial charge in [-0.05, 0) is 35.9 Å². The number of hydrogen-bond acceptors (Lipinski definition) is 4. The number of para-hydroxylation sites is 2. The van der Waals surface area contributed by atoms with Gasteiger partial charge in [0.05, 0.1) is 12.8 Å². The molecule has 1 N–H and O–H groups in total. The van der Waals surface area contributed by atoms with Crippen LogP contribution in [0.4, 0.5) is 10.1 Å². The van der Waals surface area contributed by atoms with Crippen molar-refractivity contribution in [3.63, 3.8) is 0 Å². The summed E-state index contributed by atoms with van der Waals surface area (Å²) in [6.45, 7) is 4.66. The van der Waals surface area contributed by atoms with Crippen molar-refractivity contribution in [3.05, 3.63) is 95.3 Å². The molecule has 0 bridgehead atoms. The van der Waals surface area contributed by atoms with Crippen molar-refractivity contribution in [2.45, 2.75) is 13.1 Å². The maximum atomic E-state index is 13.8. The van der Waals surface area contributed by atoms with Crippen molar-refractivity contribution in [1.29, 1.82) is 0 Å². The Morgan fingerprint density at radius 2 is 1.72 bits per heavy atom. The van der Waals surface area contributed by atoms with Crippen LogP contribution in [0, 0.1) is 5.82 Å². The summed E-state index contributed by atoms with van der Waals surface area (Å²) in [4.78, 5) is 17.3. The van der Waals surface area contributed by atoms with E-state index in [0.717, 1.165) is 49.7 Å². The molecule has 0 spiro atoms. The summed E-state index contributed by atoms with van der Waals surface area (Å²) in [5, 5.41) is 2.81. The van der Waals surface area contributed by atoms with Gasteiger partial charge >= 0.3 is 0 Å². The zero-order valence-electron chi connectivity index (χ0n) is 18.3. The zero-order valence-corrected chi connectivity index (χ0v) is 18.3. The predicted octanol–water partition coefficient (Wildman–Crippen LogP) is 4.09. The Balaban J connectivity index is 1.32. The minimum Gasteiger partial charge on any atom is -0.495 e. The minimum atomic E-state index is -0.311. The van der Waals surface area contributed by atoms with Crippen LogP contribution in [0.2, 0.25) is 0 Å². The molecular formula is C26H28FN3O2. The summed E-state index contributed by atoms with van der Waals surface area (Å²) in [7, 11) is 1.70. The van der Waals surface area contributed by atoms with Crippen molar-refractivity contribution in [3.8, 4) is 5.75 Å². The van der Waals surface area contributed by atoms with Gasteiger partial charge in [0.15, 0.2) is 0 Å². The molecule has 32 heavy (non-hydrogen) atoms. The fraction of sp³-hybridized carbons (Fsp3) is 0.269. The summed E-state index contributed by atoms with van der Waals surface area (Å²) in [5.74, 6) is 0.389. The first-order chi connectivity index (χ1) is 15.6. The Morgan fingerprint density at radius 1 is 0.969 bits per heavy atom. The summed E-state index contributed by atoms with van der Waals surface area (Å²) < 4.78 is 19.3. The summed E-state index contributed by atoms with van der Waals surface area (Å²) in [6, 6.07) is 22.2. The van der Waals surface area contributed by atoms with Gasteiger partial charge in [0.1, 0.15) is 11.6 Å². The summed E-state index contributed by atoms with van der Waals surface area (Å²) >= 11 is 0. The van der Waals surface area contributed by atoms with E-state index in [1.807, 2.05) is 36.4 Å². The number of hydrogen-bond donors (Lipinski definition) is 1. The molecule has 1 amide bonds. The Hall–Kier alpha value is -3.38. The van der Waals surface area contributed by atoms with E-state index in [9.17, 15) is 9.18 Å². The average molecular weight is 434 g/mol. The number of rotatable bonds is 7. The monoisotopic (exact) mass is 433 g/mol. The minimum absolute atomic E-state index is 0.167. The van der Waals surface area contributed by atoms with Crippen molar-refractivity contribution in [2.24, 2.45) is 0 Å². The molecule has 3 aromatic carbocycles. The van der Waals surface area contributed by atoms with Gasteiger partial charge < -0.3 is 15.0 Å². The van der Waals surface area contributed by atoms with E-state index in [0.29, 0.717) is 11.1 Å². The SMILES string of the molecule is COc1ccccc1N1CCN(Cc2cccc(C(=O)NCc3ccccc3F)c2)CC1. The highest BCUT2D eigenvalue weighted by atomic mass is 19.1. The highest BCUT2D eigenvalue weighted by molar-refractivity contribution is 5.94. The molecule has 3 aromatic rings. The molecule has 0 aromatic heterocycles. The maximum absolute atomic E-state index is 13.8. The fourth-order valence-corrected chi connectivity index (χ4v) is 4.03. The van der Waals surface area contributed by atoms with Gasteiger partial charge in [0.25, 0.3) is 5.91 Å². The maximum Gasteiger partial charge on any atom is 0.251 e. The van der Waals surface area contributed by atoms with Crippen LogP contribution in [0.5, 0.6) is 5.75 Å². The van der Waals surface area contributed by atoms with E-state index in [1.54, 1.807) is 31.4 Å². The van der Waals surface area contributed by atoms with Gasteiger partial charge in [-0.3, -0.25) is 9.69 Å². The number of methoxy groups -OCH3 is 1. The summed E-state index contributed by atoms with van der Waals surface area (Å²) in [5.41, 5.74) is 3.29. The Bertz CT molecular complexity index is 1060. The number of piperazine rings is 1. The highest BCUT2D eigenvalue weighted by Gasteiger charge is 2.20. The normalized spacial score (nSPS) is 14.2. The van der Waals surface area contributed by atoms with E-state index in [1.165, 1.54) is 6.07 Å². The van der Waals surface area contributed by atoms with E-state index in [-0.39, 0.29) is 18.3 Å². The van der Waals surface area contributed by atoms with Gasteiger partial charge in [-0.1, -0.05) is 42.5 Å². The first-order valence-electron chi connectivity index (χ1n) is 10.8. The van der Waals surface area contributed by atoms with Crippen LogP contribution in [0.1, 0.15) is 21.5 Å². The molecule has 0 aliphatic carbocycles. The Labute approximate surface area is 188 Å². The predicted molar refractivity (Wildman–Crippen MR) is 124 cm³/mol. The van der Waals surface area contributed by atoms with Crippen LogP contribution in [0.3, 0.4) is 0 Å². The zero-order chi connectivity index (χ0) is 22.3. The number of ether oxygens (including phenoxy) is 1. The fourth-order valence-electron chi connectivity index (χ4n) is 4.03. The molecule has 6 heteroatoms. The average Bonchev–Trinajstić information content (AvgIpc) is 2.84. The molecule has 4 rings (SSSR count). The second kappa shape index (κ2) is 10.3. The molecule has 1 heterocycles. The largest absolute Gasteiger partial charge is 0.495 e. The van der Waals surface area contributed by atoms with Gasteiger partial charge in [-0.25, -0.2) is 4.39 Å². The first kappa shape index (κ1) is 21.8. The molecule has 1 aliphatic rings. The lowest BCUT2D eigenvalue weighted by Gasteiger charge is -2.36.